The number of carbonyl (C=O) groups is 2. The largest absolute Gasteiger partial charge is 0.504 e. The van der Waals surface area contributed by atoms with Gasteiger partial charge in [0.1, 0.15) is 0 Å². The SMILES string of the molecule is CCCCCC1=C(NCc2ccccc2)C(=O)C(CC=C(C)CCC=C(C)C)=C(O)C1=O. The number of Topliss-reactive ketones (excluding diaryl/α,β-unsaturated/α-hetero) is 2. The first kappa shape index (κ1) is 25.4. The first-order valence-corrected chi connectivity index (χ1v) is 11.7. The molecule has 1 aliphatic carbocycles. The fourth-order valence-electron chi connectivity index (χ4n) is 3.71. The molecule has 2 N–H and O–H groups in total. The molecule has 172 valence electrons. The number of nitrogens with one attached hydrogen (secondary N) is 1. The number of ketones is 2. The molecule has 0 aromatic heterocycles. The van der Waals surface area contributed by atoms with Crippen LogP contribution in [0, 0.1) is 0 Å². The van der Waals surface area contributed by atoms with Crippen molar-refractivity contribution in [3.63, 3.8) is 0 Å². The van der Waals surface area contributed by atoms with Crippen molar-refractivity contribution < 1.29 is 14.7 Å². The van der Waals surface area contributed by atoms with Gasteiger partial charge in [-0.2, -0.15) is 0 Å². The Morgan fingerprint density at radius 1 is 0.969 bits per heavy atom. The molecule has 0 bridgehead atoms. The molecular weight excluding hydrogens is 398 g/mol. The number of aliphatic hydroxyl groups is 1. The number of hydrogen-bond donors (Lipinski definition) is 2. The van der Waals surface area contributed by atoms with Crippen molar-refractivity contribution >= 4 is 11.6 Å². The van der Waals surface area contributed by atoms with Crippen molar-refractivity contribution in [1.29, 1.82) is 0 Å². The lowest BCUT2D eigenvalue weighted by molar-refractivity contribution is -0.118. The number of benzene rings is 1. The van der Waals surface area contributed by atoms with Gasteiger partial charge in [-0.3, -0.25) is 9.59 Å². The molecule has 0 aliphatic heterocycles. The molecule has 0 saturated heterocycles. The van der Waals surface area contributed by atoms with E-state index in [4.69, 9.17) is 0 Å². The molecule has 0 saturated carbocycles. The summed E-state index contributed by atoms with van der Waals surface area (Å²) in [5.74, 6) is -1.07. The zero-order chi connectivity index (χ0) is 23.5. The van der Waals surface area contributed by atoms with E-state index in [-0.39, 0.29) is 23.5 Å². The second-order valence-corrected chi connectivity index (χ2v) is 8.71. The number of rotatable bonds is 12. The molecule has 0 fully saturated rings. The van der Waals surface area contributed by atoms with Gasteiger partial charge in [-0.1, -0.05) is 73.4 Å². The Bertz CT molecular complexity index is 929. The van der Waals surface area contributed by atoms with E-state index in [0.717, 1.165) is 43.2 Å². The highest BCUT2D eigenvalue weighted by atomic mass is 16.3. The quantitative estimate of drug-likeness (QED) is 0.219. The fraction of sp³-hybridized carbons (Fsp3) is 0.429. The summed E-state index contributed by atoms with van der Waals surface area (Å²) < 4.78 is 0. The van der Waals surface area contributed by atoms with E-state index in [2.05, 4.69) is 32.2 Å². The molecule has 0 unspecified atom stereocenters. The molecule has 2 rings (SSSR count). The van der Waals surface area contributed by atoms with Gasteiger partial charge in [-0.05, 0) is 58.4 Å². The molecule has 0 radical (unpaired) electrons. The first-order valence-electron chi connectivity index (χ1n) is 11.7. The zero-order valence-electron chi connectivity index (χ0n) is 20.0. The minimum atomic E-state index is -0.415. The molecule has 0 spiro atoms. The van der Waals surface area contributed by atoms with E-state index in [1.807, 2.05) is 43.3 Å². The Morgan fingerprint density at radius 2 is 1.69 bits per heavy atom. The molecule has 4 heteroatoms. The lowest BCUT2D eigenvalue weighted by atomic mass is 9.87. The molecule has 1 aliphatic rings. The lowest BCUT2D eigenvalue weighted by Crippen LogP contribution is -2.31. The van der Waals surface area contributed by atoms with Gasteiger partial charge in [0.15, 0.2) is 5.76 Å². The van der Waals surface area contributed by atoms with E-state index < -0.39 is 5.78 Å². The summed E-state index contributed by atoms with van der Waals surface area (Å²) >= 11 is 0. The van der Waals surface area contributed by atoms with Crippen LogP contribution in [0.2, 0.25) is 0 Å². The highest BCUT2D eigenvalue weighted by Gasteiger charge is 2.33. The number of allylic oxidation sites excluding steroid dienone is 6. The molecule has 1 aromatic rings. The van der Waals surface area contributed by atoms with Gasteiger partial charge < -0.3 is 10.4 Å². The maximum absolute atomic E-state index is 13.3. The number of unbranched alkanes of at least 4 members (excludes halogenated alkanes) is 2. The van der Waals surface area contributed by atoms with Crippen LogP contribution in [0.1, 0.15) is 78.2 Å². The second kappa shape index (κ2) is 12.8. The van der Waals surface area contributed by atoms with Crippen LogP contribution < -0.4 is 5.32 Å². The third-order valence-corrected chi connectivity index (χ3v) is 5.67. The third kappa shape index (κ3) is 7.37. The summed E-state index contributed by atoms with van der Waals surface area (Å²) in [6.45, 7) is 8.72. The normalized spacial score (nSPS) is 14.8. The molecule has 4 nitrogen and oxygen atoms in total. The maximum Gasteiger partial charge on any atom is 0.225 e. The van der Waals surface area contributed by atoms with Gasteiger partial charge in [-0.15, -0.1) is 0 Å². The van der Waals surface area contributed by atoms with Crippen molar-refractivity contribution in [3.05, 3.63) is 81.8 Å². The molecule has 0 heterocycles. The minimum absolute atomic E-state index is 0.186. The molecule has 32 heavy (non-hydrogen) atoms. The Morgan fingerprint density at radius 3 is 2.34 bits per heavy atom. The number of aliphatic hydroxyl groups excluding tert-OH is 1. The van der Waals surface area contributed by atoms with E-state index in [0.29, 0.717) is 24.2 Å². The maximum atomic E-state index is 13.3. The van der Waals surface area contributed by atoms with Gasteiger partial charge in [-0.25, -0.2) is 0 Å². The van der Waals surface area contributed by atoms with Crippen molar-refractivity contribution in [2.24, 2.45) is 0 Å². The van der Waals surface area contributed by atoms with Crippen LogP contribution in [0.3, 0.4) is 0 Å². The Labute approximate surface area is 192 Å². The second-order valence-electron chi connectivity index (χ2n) is 8.71. The van der Waals surface area contributed by atoms with Crippen LogP contribution >= 0.6 is 0 Å². The van der Waals surface area contributed by atoms with E-state index in [1.165, 1.54) is 5.57 Å². The van der Waals surface area contributed by atoms with Crippen molar-refractivity contribution in [2.45, 2.75) is 79.2 Å². The van der Waals surface area contributed by atoms with Crippen LogP contribution in [0.25, 0.3) is 0 Å². The van der Waals surface area contributed by atoms with Crippen LogP contribution in [0.5, 0.6) is 0 Å². The Balaban J connectivity index is 2.23. The molecular formula is C28H37NO3. The monoisotopic (exact) mass is 435 g/mol. The lowest BCUT2D eigenvalue weighted by Gasteiger charge is -2.22. The summed E-state index contributed by atoms with van der Waals surface area (Å²) in [5, 5.41) is 13.8. The summed E-state index contributed by atoms with van der Waals surface area (Å²) in [6.07, 6.45) is 9.51. The number of hydrogen-bond acceptors (Lipinski definition) is 4. The predicted molar refractivity (Wildman–Crippen MR) is 131 cm³/mol. The van der Waals surface area contributed by atoms with Gasteiger partial charge in [0.05, 0.1) is 11.3 Å². The summed E-state index contributed by atoms with van der Waals surface area (Å²) in [7, 11) is 0. The summed E-state index contributed by atoms with van der Waals surface area (Å²) in [4.78, 5) is 26.3. The van der Waals surface area contributed by atoms with E-state index >= 15 is 0 Å². The fourth-order valence-corrected chi connectivity index (χ4v) is 3.71. The highest BCUT2D eigenvalue weighted by molar-refractivity contribution is 6.24. The van der Waals surface area contributed by atoms with E-state index in [9.17, 15) is 14.7 Å². The summed E-state index contributed by atoms with van der Waals surface area (Å²) in [6, 6.07) is 9.79. The molecule has 1 aromatic carbocycles. The van der Waals surface area contributed by atoms with Crippen molar-refractivity contribution in [3.8, 4) is 0 Å². The molecule has 0 amide bonds. The first-order chi connectivity index (χ1) is 15.3. The molecule has 0 atom stereocenters. The Kier molecular flexibility index (Phi) is 10.2. The highest BCUT2D eigenvalue weighted by Crippen LogP contribution is 2.28. The predicted octanol–water partition coefficient (Wildman–Crippen LogP) is 6.66. The van der Waals surface area contributed by atoms with Crippen molar-refractivity contribution in [1.82, 2.24) is 5.32 Å². The van der Waals surface area contributed by atoms with Gasteiger partial charge in [0, 0.05) is 12.1 Å². The Hall–Kier alpha value is -2.88. The van der Waals surface area contributed by atoms with Crippen LogP contribution in [-0.4, -0.2) is 16.7 Å². The summed E-state index contributed by atoms with van der Waals surface area (Å²) in [5.41, 5.74) is 4.39. The van der Waals surface area contributed by atoms with Gasteiger partial charge in [0.25, 0.3) is 0 Å². The van der Waals surface area contributed by atoms with Gasteiger partial charge in [0.2, 0.25) is 11.6 Å². The van der Waals surface area contributed by atoms with Crippen molar-refractivity contribution in [2.75, 3.05) is 0 Å². The van der Waals surface area contributed by atoms with Crippen LogP contribution in [0.15, 0.2) is 76.2 Å². The third-order valence-electron chi connectivity index (χ3n) is 5.67. The number of carbonyl (C=O) groups excluding carboxylic acids is 2. The van der Waals surface area contributed by atoms with Crippen LogP contribution in [-0.2, 0) is 16.1 Å². The van der Waals surface area contributed by atoms with E-state index in [1.54, 1.807) is 0 Å². The smallest absolute Gasteiger partial charge is 0.225 e. The standard InChI is InChI=1S/C28H37NO3/c1-5-6-8-16-23-25(29-19-22-14-9-7-10-15-22)26(30)24(28(32)27(23)31)18-17-21(4)13-11-12-20(2)3/h7,9-10,12,14-15,17,29,32H,5-6,8,11,13,16,18-19H2,1-4H3. The topological polar surface area (TPSA) is 66.4 Å². The van der Waals surface area contributed by atoms with Crippen LogP contribution in [0.4, 0.5) is 0 Å². The minimum Gasteiger partial charge on any atom is -0.504 e. The average molecular weight is 436 g/mol. The van der Waals surface area contributed by atoms with Gasteiger partial charge >= 0.3 is 0 Å². The zero-order valence-corrected chi connectivity index (χ0v) is 20.0. The average Bonchev–Trinajstić information content (AvgIpc) is 2.77.